The lowest BCUT2D eigenvalue weighted by molar-refractivity contribution is -0.118. The Bertz CT molecular complexity index is 1330. The quantitative estimate of drug-likeness (QED) is 0.506. The molecule has 0 aliphatic heterocycles. The van der Waals surface area contributed by atoms with Crippen LogP contribution in [0.15, 0.2) is 76.0 Å². The number of rotatable bonds is 6. The zero-order valence-electron chi connectivity index (χ0n) is 15.9. The molecule has 0 bridgehead atoms. The van der Waals surface area contributed by atoms with Gasteiger partial charge in [-0.2, -0.15) is 0 Å². The molecule has 0 aliphatic rings. The molecule has 4 rings (SSSR count). The molecule has 8 nitrogen and oxygen atoms in total. The van der Waals surface area contributed by atoms with E-state index >= 15 is 0 Å². The van der Waals surface area contributed by atoms with Gasteiger partial charge in [0.25, 0.3) is 11.8 Å². The Kier molecular flexibility index (Phi) is 5.20. The summed E-state index contributed by atoms with van der Waals surface area (Å²) < 4.78 is 34.8. The van der Waals surface area contributed by atoms with Crippen molar-refractivity contribution in [2.45, 2.75) is 4.90 Å². The molecule has 0 spiro atoms. The number of benzene rings is 3. The second kappa shape index (κ2) is 7.96. The number of nitrogens with one attached hydrogen (secondary N) is 1. The molecule has 30 heavy (non-hydrogen) atoms. The summed E-state index contributed by atoms with van der Waals surface area (Å²) in [5.74, 6) is 0.0497. The molecule has 0 aliphatic carbocycles. The van der Waals surface area contributed by atoms with Crippen LogP contribution in [0.3, 0.4) is 0 Å². The van der Waals surface area contributed by atoms with Crippen LogP contribution >= 0.6 is 0 Å². The molecule has 1 N–H and O–H groups in total. The fourth-order valence-electron chi connectivity index (χ4n) is 2.91. The van der Waals surface area contributed by atoms with E-state index in [4.69, 9.17) is 9.15 Å². The molecule has 0 saturated carbocycles. The number of ether oxygens (including phenoxy) is 1. The highest BCUT2D eigenvalue weighted by molar-refractivity contribution is 7.90. The molecule has 1 aromatic heterocycles. The van der Waals surface area contributed by atoms with Crippen molar-refractivity contribution in [3.05, 3.63) is 66.7 Å². The number of anilines is 1. The van der Waals surface area contributed by atoms with Crippen molar-refractivity contribution in [2.24, 2.45) is 0 Å². The monoisotopic (exact) mass is 423 g/mol. The van der Waals surface area contributed by atoms with Gasteiger partial charge in [-0.3, -0.25) is 10.1 Å². The molecule has 9 heteroatoms. The highest BCUT2D eigenvalue weighted by Gasteiger charge is 2.19. The van der Waals surface area contributed by atoms with Crippen LogP contribution in [0.25, 0.3) is 22.2 Å². The van der Waals surface area contributed by atoms with Gasteiger partial charge >= 0.3 is 6.01 Å². The van der Waals surface area contributed by atoms with Crippen LogP contribution in [0.5, 0.6) is 5.75 Å². The molecule has 1 heterocycles. The first-order valence-electron chi connectivity index (χ1n) is 8.94. The van der Waals surface area contributed by atoms with E-state index < -0.39 is 15.7 Å². The predicted molar refractivity (Wildman–Crippen MR) is 111 cm³/mol. The Morgan fingerprint density at radius 3 is 2.53 bits per heavy atom. The van der Waals surface area contributed by atoms with E-state index in [1.807, 2.05) is 36.4 Å². The van der Waals surface area contributed by atoms with Gasteiger partial charge in [-0.15, -0.1) is 5.10 Å². The average molecular weight is 423 g/mol. The molecule has 0 radical (unpaired) electrons. The van der Waals surface area contributed by atoms with E-state index in [0.29, 0.717) is 5.75 Å². The minimum atomic E-state index is -3.49. The van der Waals surface area contributed by atoms with Crippen LogP contribution in [-0.2, 0) is 14.6 Å². The smallest absolute Gasteiger partial charge is 0.322 e. The van der Waals surface area contributed by atoms with Gasteiger partial charge in [0.1, 0.15) is 5.75 Å². The predicted octanol–water partition coefficient (Wildman–Crippen LogP) is 3.31. The largest absolute Gasteiger partial charge is 0.484 e. The van der Waals surface area contributed by atoms with E-state index in [1.54, 1.807) is 24.3 Å². The van der Waals surface area contributed by atoms with Crippen molar-refractivity contribution in [3.63, 3.8) is 0 Å². The van der Waals surface area contributed by atoms with Crippen LogP contribution in [0.1, 0.15) is 0 Å². The van der Waals surface area contributed by atoms with Crippen molar-refractivity contribution in [3.8, 4) is 17.2 Å². The number of carbonyl (C=O) groups is 1. The second-order valence-corrected chi connectivity index (χ2v) is 8.51. The summed E-state index contributed by atoms with van der Waals surface area (Å²) in [5.41, 5.74) is 0.264. The number of carbonyl (C=O) groups excluding carboxylic acids is 1. The molecule has 1 amide bonds. The standard InChI is InChI=1S/C21H17N3O5S/c1-30(26,27)18-9-5-4-8-17(18)20-23-24-21(29-20)22-19(25)13-28-16-11-10-14-6-2-3-7-15(14)12-16/h2-12H,13H2,1H3,(H,22,24,25). The van der Waals surface area contributed by atoms with Gasteiger partial charge in [0, 0.05) is 6.26 Å². The van der Waals surface area contributed by atoms with Crippen molar-refractivity contribution in [1.29, 1.82) is 0 Å². The Morgan fingerprint density at radius 1 is 1.00 bits per heavy atom. The maximum Gasteiger partial charge on any atom is 0.322 e. The third kappa shape index (κ3) is 4.31. The molecular weight excluding hydrogens is 406 g/mol. The summed E-state index contributed by atoms with van der Waals surface area (Å²) in [6.07, 6.45) is 1.09. The van der Waals surface area contributed by atoms with E-state index in [2.05, 4.69) is 15.5 Å². The lowest BCUT2D eigenvalue weighted by atomic mass is 10.1. The average Bonchev–Trinajstić information content (AvgIpc) is 3.20. The number of sulfone groups is 1. The SMILES string of the molecule is CS(=O)(=O)c1ccccc1-c1nnc(NC(=O)COc2ccc3ccccc3c2)o1. The molecule has 0 atom stereocenters. The highest BCUT2D eigenvalue weighted by Crippen LogP contribution is 2.27. The first-order valence-corrected chi connectivity index (χ1v) is 10.8. The van der Waals surface area contributed by atoms with Gasteiger partial charge in [-0.25, -0.2) is 8.42 Å². The number of amides is 1. The Balaban J connectivity index is 1.43. The first-order chi connectivity index (χ1) is 14.4. The van der Waals surface area contributed by atoms with Gasteiger partial charge in [0.05, 0.1) is 10.5 Å². The second-order valence-electron chi connectivity index (χ2n) is 6.53. The third-order valence-electron chi connectivity index (χ3n) is 4.28. The minimum Gasteiger partial charge on any atom is -0.484 e. The summed E-state index contributed by atoms with van der Waals surface area (Å²) in [5, 5.41) is 12.1. The van der Waals surface area contributed by atoms with Crippen LogP contribution in [-0.4, -0.2) is 37.4 Å². The van der Waals surface area contributed by atoms with Gasteiger partial charge in [0.15, 0.2) is 16.4 Å². The zero-order chi connectivity index (χ0) is 21.1. The number of nitrogens with zero attached hydrogens (tertiary/aromatic N) is 2. The Labute approximate surface area is 172 Å². The number of hydrogen-bond donors (Lipinski definition) is 1. The topological polar surface area (TPSA) is 111 Å². The van der Waals surface area contributed by atoms with E-state index in [0.717, 1.165) is 17.0 Å². The normalized spacial score (nSPS) is 11.4. The lowest BCUT2D eigenvalue weighted by Crippen LogP contribution is -2.20. The lowest BCUT2D eigenvalue weighted by Gasteiger charge is -2.06. The van der Waals surface area contributed by atoms with E-state index in [9.17, 15) is 13.2 Å². The molecule has 4 aromatic rings. The summed E-state index contributed by atoms with van der Waals surface area (Å²) in [6.45, 7) is -0.254. The van der Waals surface area contributed by atoms with Crippen molar-refractivity contribution in [1.82, 2.24) is 10.2 Å². The summed E-state index contributed by atoms with van der Waals surface area (Å²) in [4.78, 5) is 12.2. The first kappa shape index (κ1) is 19.6. The Morgan fingerprint density at radius 2 is 1.73 bits per heavy atom. The molecule has 152 valence electrons. The van der Waals surface area contributed by atoms with Crippen LogP contribution in [0, 0.1) is 0 Å². The number of hydrogen-bond acceptors (Lipinski definition) is 7. The minimum absolute atomic E-state index is 0.0122. The van der Waals surface area contributed by atoms with Gasteiger partial charge in [-0.1, -0.05) is 47.6 Å². The van der Waals surface area contributed by atoms with E-state index in [1.165, 1.54) is 6.07 Å². The summed E-state index contributed by atoms with van der Waals surface area (Å²) in [7, 11) is -3.49. The molecule has 0 fully saturated rings. The fourth-order valence-corrected chi connectivity index (χ4v) is 3.79. The van der Waals surface area contributed by atoms with Crippen molar-refractivity contribution in [2.75, 3.05) is 18.2 Å². The van der Waals surface area contributed by atoms with Crippen molar-refractivity contribution >= 4 is 32.5 Å². The van der Waals surface area contributed by atoms with Crippen molar-refractivity contribution < 1.29 is 22.4 Å². The third-order valence-corrected chi connectivity index (χ3v) is 5.43. The van der Waals surface area contributed by atoms with Crippen LogP contribution in [0.4, 0.5) is 6.01 Å². The van der Waals surface area contributed by atoms with Gasteiger partial charge in [0.2, 0.25) is 0 Å². The van der Waals surface area contributed by atoms with Gasteiger partial charge in [-0.05, 0) is 35.0 Å². The maximum atomic E-state index is 12.2. The zero-order valence-corrected chi connectivity index (χ0v) is 16.7. The van der Waals surface area contributed by atoms with E-state index in [-0.39, 0.29) is 29.0 Å². The van der Waals surface area contributed by atoms with Crippen LogP contribution < -0.4 is 10.1 Å². The van der Waals surface area contributed by atoms with Crippen LogP contribution in [0.2, 0.25) is 0 Å². The summed E-state index contributed by atoms with van der Waals surface area (Å²) in [6, 6.07) is 19.5. The summed E-state index contributed by atoms with van der Waals surface area (Å²) >= 11 is 0. The number of fused-ring (bicyclic) bond motifs is 1. The molecule has 0 saturated heterocycles. The molecule has 0 unspecified atom stereocenters. The highest BCUT2D eigenvalue weighted by atomic mass is 32.2. The van der Waals surface area contributed by atoms with Gasteiger partial charge < -0.3 is 9.15 Å². The molecular formula is C21H17N3O5S. The molecule has 3 aromatic carbocycles. The maximum absolute atomic E-state index is 12.2. The fraction of sp³-hybridized carbons (Fsp3) is 0.0952. The number of aromatic nitrogens is 2. The Hall–Kier alpha value is -3.72.